The first-order valence-electron chi connectivity index (χ1n) is 7.35. The molecular weight excluding hydrogens is 286 g/mol. The fourth-order valence-electron chi connectivity index (χ4n) is 2.88. The van der Waals surface area contributed by atoms with Crippen LogP contribution in [0.2, 0.25) is 0 Å². The van der Waals surface area contributed by atoms with E-state index in [2.05, 4.69) is 20.2 Å². The molecule has 2 aromatic rings. The van der Waals surface area contributed by atoms with Crippen molar-refractivity contribution in [3.05, 3.63) is 53.5 Å². The molecule has 1 aromatic heterocycles. The highest BCUT2D eigenvalue weighted by atomic mass is 19.2. The number of halogens is 2. The Morgan fingerprint density at radius 1 is 1.27 bits per heavy atom. The third-order valence-corrected chi connectivity index (χ3v) is 3.98. The average molecular weight is 304 g/mol. The molecule has 1 fully saturated rings. The summed E-state index contributed by atoms with van der Waals surface area (Å²) in [5.74, 6) is -0.878. The topological polar surface area (TPSA) is 41.1 Å². The molecule has 1 saturated heterocycles. The first-order chi connectivity index (χ1) is 10.7. The van der Waals surface area contributed by atoms with Gasteiger partial charge in [0.05, 0.1) is 24.1 Å². The highest BCUT2D eigenvalue weighted by Crippen LogP contribution is 2.32. The van der Waals surface area contributed by atoms with Gasteiger partial charge in [-0.05, 0) is 37.1 Å². The molecule has 6 heteroatoms. The molecule has 116 valence electrons. The molecule has 1 aliphatic rings. The van der Waals surface area contributed by atoms with Gasteiger partial charge in [0, 0.05) is 13.6 Å². The number of aromatic nitrogens is 2. The van der Waals surface area contributed by atoms with Gasteiger partial charge in [-0.25, -0.2) is 13.8 Å². The van der Waals surface area contributed by atoms with E-state index in [9.17, 15) is 8.78 Å². The molecule has 0 unspecified atom stereocenters. The van der Waals surface area contributed by atoms with E-state index < -0.39 is 11.6 Å². The summed E-state index contributed by atoms with van der Waals surface area (Å²) in [5, 5.41) is 2.99. The summed E-state index contributed by atoms with van der Waals surface area (Å²) in [6.07, 6.45) is 5.50. The summed E-state index contributed by atoms with van der Waals surface area (Å²) in [7, 11) is 1.81. The minimum atomic E-state index is -0.811. The van der Waals surface area contributed by atoms with E-state index in [-0.39, 0.29) is 6.04 Å². The van der Waals surface area contributed by atoms with Gasteiger partial charge in [0.15, 0.2) is 11.6 Å². The number of hydrogen-bond donors (Lipinski definition) is 1. The predicted octanol–water partition coefficient (Wildman–Crippen LogP) is 3.13. The van der Waals surface area contributed by atoms with E-state index in [1.165, 1.54) is 12.1 Å². The van der Waals surface area contributed by atoms with Crippen LogP contribution < -0.4 is 5.32 Å². The molecule has 4 nitrogen and oxygen atoms in total. The second kappa shape index (κ2) is 6.36. The van der Waals surface area contributed by atoms with Crippen molar-refractivity contribution in [1.82, 2.24) is 14.9 Å². The summed E-state index contributed by atoms with van der Waals surface area (Å²) < 4.78 is 26.4. The Bertz CT molecular complexity index is 662. The molecule has 22 heavy (non-hydrogen) atoms. The van der Waals surface area contributed by atoms with Gasteiger partial charge in [-0.2, -0.15) is 0 Å². The molecule has 0 bridgehead atoms. The zero-order chi connectivity index (χ0) is 15.5. The van der Waals surface area contributed by atoms with Crippen LogP contribution in [0, 0.1) is 11.6 Å². The predicted molar refractivity (Wildman–Crippen MR) is 80.3 cm³/mol. The van der Waals surface area contributed by atoms with Crippen LogP contribution in [0.15, 0.2) is 30.6 Å². The smallest absolute Gasteiger partial charge is 0.159 e. The zero-order valence-corrected chi connectivity index (χ0v) is 12.4. The molecule has 0 aliphatic carbocycles. The lowest BCUT2D eigenvalue weighted by Gasteiger charge is -2.24. The SMILES string of the molecule is CNc1cncc([C@@H]2CCCN2Cc2ccc(F)c(F)c2)n1. The summed E-state index contributed by atoms with van der Waals surface area (Å²) in [5.41, 5.74) is 1.68. The molecule has 0 amide bonds. The fourth-order valence-corrected chi connectivity index (χ4v) is 2.88. The summed E-state index contributed by atoms with van der Waals surface area (Å²) in [4.78, 5) is 11.0. The molecule has 0 spiro atoms. The number of rotatable bonds is 4. The maximum atomic E-state index is 13.3. The summed E-state index contributed by atoms with van der Waals surface area (Å²) >= 11 is 0. The molecule has 2 heterocycles. The minimum Gasteiger partial charge on any atom is -0.372 e. The van der Waals surface area contributed by atoms with E-state index in [1.807, 2.05) is 7.05 Å². The molecule has 1 aliphatic heterocycles. The molecular formula is C16H18F2N4. The number of likely N-dealkylation sites (tertiary alicyclic amines) is 1. The van der Waals surface area contributed by atoms with Crippen LogP contribution in [0.1, 0.15) is 30.1 Å². The van der Waals surface area contributed by atoms with Crippen molar-refractivity contribution >= 4 is 5.82 Å². The number of benzene rings is 1. The average Bonchev–Trinajstić information content (AvgIpc) is 2.99. The van der Waals surface area contributed by atoms with Crippen molar-refractivity contribution in [2.75, 3.05) is 18.9 Å². The Morgan fingerprint density at radius 2 is 2.14 bits per heavy atom. The lowest BCUT2D eigenvalue weighted by Crippen LogP contribution is -2.24. The lowest BCUT2D eigenvalue weighted by molar-refractivity contribution is 0.243. The van der Waals surface area contributed by atoms with Crippen LogP contribution in [0.25, 0.3) is 0 Å². The maximum absolute atomic E-state index is 13.3. The largest absolute Gasteiger partial charge is 0.372 e. The molecule has 1 atom stereocenters. The molecule has 0 radical (unpaired) electrons. The Hall–Kier alpha value is -2.08. The monoisotopic (exact) mass is 304 g/mol. The van der Waals surface area contributed by atoms with Gasteiger partial charge in [0.1, 0.15) is 5.82 Å². The standard InChI is InChI=1S/C16H18F2N4/c1-19-16-9-20-8-14(21-16)15-3-2-6-22(15)10-11-4-5-12(17)13(18)7-11/h4-5,7-9,15H,2-3,6,10H2,1H3,(H,19,21)/t15-/m0/s1. The highest BCUT2D eigenvalue weighted by molar-refractivity contribution is 5.31. The summed E-state index contributed by atoms with van der Waals surface area (Å²) in [6.45, 7) is 1.49. The zero-order valence-electron chi connectivity index (χ0n) is 12.4. The van der Waals surface area contributed by atoms with Crippen LogP contribution in [-0.2, 0) is 6.54 Å². The van der Waals surface area contributed by atoms with Gasteiger partial charge in [-0.1, -0.05) is 6.07 Å². The van der Waals surface area contributed by atoms with Gasteiger partial charge in [-0.15, -0.1) is 0 Å². The van der Waals surface area contributed by atoms with E-state index in [0.717, 1.165) is 36.5 Å². The number of nitrogens with zero attached hydrogens (tertiary/aromatic N) is 3. The van der Waals surface area contributed by atoms with Gasteiger partial charge in [0.25, 0.3) is 0 Å². The Balaban J connectivity index is 1.79. The second-order valence-electron chi connectivity index (χ2n) is 5.46. The maximum Gasteiger partial charge on any atom is 0.159 e. The number of anilines is 1. The van der Waals surface area contributed by atoms with Crippen molar-refractivity contribution in [1.29, 1.82) is 0 Å². The summed E-state index contributed by atoms with van der Waals surface area (Å²) in [6, 6.07) is 4.23. The quantitative estimate of drug-likeness (QED) is 0.942. The van der Waals surface area contributed by atoms with Crippen molar-refractivity contribution in [2.24, 2.45) is 0 Å². The molecule has 1 aromatic carbocycles. The van der Waals surface area contributed by atoms with Crippen molar-refractivity contribution in [3.8, 4) is 0 Å². The fraction of sp³-hybridized carbons (Fsp3) is 0.375. The van der Waals surface area contributed by atoms with Crippen molar-refractivity contribution in [3.63, 3.8) is 0 Å². The first-order valence-corrected chi connectivity index (χ1v) is 7.35. The van der Waals surface area contributed by atoms with Crippen LogP contribution in [0.5, 0.6) is 0 Å². The molecule has 1 N–H and O–H groups in total. The minimum absolute atomic E-state index is 0.161. The number of hydrogen-bond acceptors (Lipinski definition) is 4. The van der Waals surface area contributed by atoms with Crippen LogP contribution in [-0.4, -0.2) is 28.5 Å². The van der Waals surface area contributed by atoms with E-state index in [1.54, 1.807) is 18.5 Å². The van der Waals surface area contributed by atoms with Gasteiger partial charge in [-0.3, -0.25) is 9.88 Å². The van der Waals surface area contributed by atoms with Gasteiger partial charge < -0.3 is 5.32 Å². The normalized spacial score (nSPS) is 18.6. The number of nitrogens with one attached hydrogen (secondary N) is 1. The first kappa shape index (κ1) is 14.8. The van der Waals surface area contributed by atoms with Gasteiger partial charge >= 0.3 is 0 Å². The second-order valence-corrected chi connectivity index (χ2v) is 5.46. The Morgan fingerprint density at radius 3 is 2.91 bits per heavy atom. The van der Waals surface area contributed by atoms with Crippen LogP contribution in [0.4, 0.5) is 14.6 Å². The Labute approximate surface area is 128 Å². The van der Waals surface area contributed by atoms with E-state index in [0.29, 0.717) is 6.54 Å². The third-order valence-electron chi connectivity index (χ3n) is 3.98. The lowest BCUT2D eigenvalue weighted by atomic mass is 10.1. The van der Waals surface area contributed by atoms with E-state index in [4.69, 9.17) is 0 Å². The van der Waals surface area contributed by atoms with Gasteiger partial charge in [0.2, 0.25) is 0 Å². The molecule has 0 saturated carbocycles. The van der Waals surface area contributed by atoms with Crippen molar-refractivity contribution < 1.29 is 8.78 Å². The Kier molecular flexibility index (Phi) is 4.29. The highest BCUT2D eigenvalue weighted by Gasteiger charge is 2.27. The third kappa shape index (κ3) is 3.06. The van der Waals surface area contributed by atoms with Crippen LogP contribution in [0.3, 0.4) is 0 Å². The molecule has 3 rings (SSSR count). The van der Waals surface area contributed by atoms with Crippen molar-refractivity contribution in [2.45, 2.75) is 25.4 Å². The van der Waals surface area contributed by atoms with E-state index >= 15 is 0 Å². The van der Waals surface area contributed by atoms with Crippen LogP contribution >= 0.6 is 0 Å².